The van der Waals surface area contributed by atoms with E-state index < -0.39 is 0 Å². The van der Waals surface area contributed by atoms with Crippen LogP contribution >= 0.6 is 0 Å². The zero-order chi connectivity index (χ0) is 14.9. The minimum atomic E-state index is 0.236. The van der Waals surface area contributed by atoms with E-state index in [0.717, 1.165) is 76.4 Å². The van der Waals surface area contributed by atoms with E-state index >= 15 is 0 Å². The Hall–Kier alpha value is -1.40. The van der Waals surface area contributed by atoms with Gasteiger partial charge >= 0.3 is 0 Å². The highest BCUT2D eigenvalue weighted by molar-refractivity contribution is 5.81. The fourth-order valence-electron chi connectivity index (χ4n) is 3.35. The van der Waals surface area contributed by atoms with Crippen molar-refractivity contribution in [1.82, 2.24) is 15.4 Å². The van der Waals surface area contributed by atoms with Crippen molar-refractivity contribution in [3.05, 3.63) is 17.0 Å². The van der Waals surface area contributed by atoms with Gasteiger partial charge in [0.2, 0.25) is 5.91 Å². The molecule has 120 valence electrons. The quantitative estimate of drug-likeness (QED) is 0.895. The van der Waals surface area contributed by atoms with E-state index in [9.17, 15) is 4.79 Å². The number of carbonyl (C=O) groups is 1. The van der Waals surface area contributed by atoms with E-state index in [1.54, 1.807) is 0 Å². The second-order valence-electron chi connectivity index (χ2n) is 6.64. The molecule has 4 rings (SSSR count). The van der Waals surface area contributed by atoms with E-state index in [4.69, 9.17) is 9.26 Å². The first-order valence-corrected chi connectivity index (χ1v) is 8.36. The van der Waals surface area contributed by atoms with E-state index in [-0.39, 0.29) is 17.9 Å². The molecule has 0 aromatic carbocycles. The van der Waals surface area contributed by atoms with Crippen LogP contribution in [-0.2, 0) is 28.9 Å². The van der Waals surface area contributed by atoms with Gasteiger partial charge in [-0.05, 0) is 25.7 Å². The van der Waals surface area contributed by atoms with Gasteiger partial charge in [-0.25, -0.2) is 0 Å². The number of fused-ring (bicyclic) bond motifs is 1. The zero-order valence-corrected chi connectivity index (χ0v) is 12.8. The SMILES string of the molecule is O=C(NC1CCc2onc(CN3CCOCC3)c2C1)C1CC1. The highest BCUT2D eigenvalue weighted by atomic mass is 16.5. The molecule has 0 radical (unpaired) electrons. The molecule has 1 aromatic heterocycles. The second-order valence-corrected chi connectivity index (χ2v) is 6.64. The van der Waals surface area contributed by atoms with Gasteiger partial charge in [0.05, 0.1) is 13.2 Å². The highest BCUT2D eigenvalue weighted by Gasteiger charge is 2.33. The Balaban J connectivity index is 1.41. The Morgan fingerprint density at radius 3 is 2.86 bits per heavy atom. The Morgan fingerprint density at radius 2 is 2.09 bits per heavy atom. The summed E-state index contributed by atoms with van der Waals surface area (Å²) in [4.78, 5) is 14.3. The number of nitrogens with one attached hydrogen (secondary N) is 1. The van der Waals surface area contributed by atoms with Crippen LogP contribution in [0.5, 0.6) is 0 Å². The number of aryl methyl sites for hydroxylation is 1. The van der Waals surface area contributed by atoms with Gasteiger partial charge in [-0.1, -0.05) is 5.16 Å². The number of aromatic nitrogens is 1. The molecule has 1 unspecified atom stereocenters. The number of amides is 1. The van der Waals surface area contributed by atoms with Crippen LogP contribution < -0.4 is 5.32 Å². The van der Waals surface area contributed by atoms with Crippen molar-refractivity contribution in [2.45, 2.75) is 44.7 Å². The lowest BCUT2D eigenvalue weighted by molar-refractivity contribution is -0.123. The molecule has 1 amide bonds. The lowest BCUT2D eigenvalue weighted by Crippen LogP contribution is -2.40. The summed E-state index contributed by atoms with van der Waals surface area (Å²) < 4.78 is 10.9. The summed E-state index contributed by atoms with van der Waals surface area (Å²) in [5.74, 6) is 1.52. The van der Waals surface area contributed by atoms with Crippen molar-refractivity contribution >= 4 is 5.91 Å². The second kappa shape index (κ2) is 6.01. The largest absolute Gasteiger partial charge is 0.379 e. The number of nitrogens with zero attached hydrogens (tertiary/aromatic N) is 2. The Kier molecular flexibility index (Phi) is 3.88. The van der Waals surface area contributed by atoms with E-state index in [1.807, 2.05) is 0 Å². The van der Waals surface area contributed by atoms with Crippen LogP contribution in [0.15, 0.2) is 4.52 Å². The van der Waals surface area contributed by atoms with Crippen LogP contribution in [0.1, 0.15) is 36.3 Å². The van der Waals surface area contributed by atoms with Crippen molar-refractivity contribution in [1.29, 1.82) is 0 Å². The van der Waals surface area contributed by atoms with Gasteiger partial charge in [-0.2, -0.15) is 0 Å². The molecule has 1 saturated carbocycles. The summed E-state index contributed by atoms with van der Waals surface area (Å²) in [6, 6.07) is 0.239. The molecule has 2 fully saturated rings. The van der Waals surface area contributed by atoms with E-state index in [0.29, 0.717) is 0 Å². The molecule has 2 heterocycles. The summed E-state index contributed by atoms with van der Waals surface area (Å²) in [6.07, 6.45) is 4.80. The normalized spacial score (nSPS) is 25.7. The lowest BCUT2D eigenvalue weighted by Gasteiger charge is -2.27. The van der Waals surface area contributed by atoms with Gasteiger partial charge < -0.3 is 14.6 Å². The highest BCUT2D eigenvalue weighted by Crippen LogP contribution is 2.30. The number of carbonyl (C=O) groups excluding carboxylic acids is 1. The van der Waals surface area contributed by atoms with Crippen molar-refractivity contribution in [3.63, 3.8) is 0 Å². The third-order valence-electron chi connectivity index (χ3n) is 4.89. The molecule has 0 spiro atoms. The Bertz CT molecular complexity index is 547. The first kappa shape index (κ1) is 14.2. The van der Waals surface area contributed by atoms with Crippen LogP contribution in [0.4, 0.5) is 0 Å². The molecule has 1 N–H and O–H groups in total. The summed E-state index contributed by atoms with van der Waals surface area (Å²) in [6.45, 7) is 4.30. The number of morpholine rings is 1. The molecule has 3 aliphatic rings. The molecular weight excluding hydrogens is 282 g/mol. The fraction of sp³-hybridized carbons (Fsp3) is 0.750. The minimum Gasteiger partial charge on any atom is -0.379 e. The Morgan fingerprint density at radius 1 is 1.27 bits per heavy atom. The average Bonchev–Trinajstić information content (AvgIpc) is 3.32. The summed E-state index contributed by atoms with van der Waals surface area (Å²) in [7, 11) is 0. The minimum absolute atomic E-state index is 0.236. The average molecular weight is 305 g/mol. The maximum atomic E-state index is 12.0. The smallest absolute Gasteiger partial charge is 0.223 e. The predicted octanol–water partition coefficient (Wildman–Crippen LogP) is 0.890. The molecular formula is C16H23N3O3. The van der Waals surface area contributed by atoms with Gasteiger partial charge in [0, 0.05) is 43.6 Å². The maximum Gasteiger partial charge on any atom is 0.223 e. The van der Waals surface area contributed by atoms with Crippen molar-refractivity contribution in [2.75, 3.05) is 26.3 Å². The summed E-state index contributed by atoms with van der Waals surface area (Å²) in [5.41, 5.74) is 2.26. The van der Waals surface area contributed by atoms with Gasteiger partial charge in [0.1, 0.15) is 11.5 Å². The maximum absolute atomic E-state index is 12.0. The van der Waals surface area contributed by atoms with Crippen molar-refractivity contribution in [3.8, 4) is 0 Å². The third kappa shape index (κ3) is 3.03. The van der Waals surface area contributed by atoms with Crippen LogP contribution in [0.2, 0.25) is 0 Å². The number of hydrogen-bond acceptors (Lipinski definition) is 5. The topological polar surface area (TPSA) is 67.6 Å². The monoisotopic (exact) mass is 305 g/mol. The van der Waals surface area contributed by atoms with Crippen molar-refractivity contribution < 1.29 is 14.1 Å². The van der Waals surface area contributed by atoms with Gasteiger partial charge in [-0.15, -0.1) is 0 Å². The zero-order valence-electron chi connectivity index (χ0n) is 12.8. The summed E-state index contributed by atoms with van der Waals surface area (Å²) in [5, 5.41) is 7.48. The molecule has 22 heavy (non-hydrogen) atoms. The number of hydrogen-bond donors (Lipinski definition) is 1. The number of rotatable bonds is 4. The van der Waals surface area contributed by atoms with Crippen molar-refractivity contribution in [2.24, 2.45) is 5.92 Å². The van der Waals surface area contributed by atoms with Gasteiger partial charge in [-0.3, -0.25) is 9.69 Å². The molecule has 6 heteroatoms. The van der Waals surface area contributed by atoms with Crippen LogP contribution in [0.3, 0.4) is 0 Å². The van der Waals surface area contributed by atoms with Crippen LogP contribution in [0, 0.1) is 5.92 Å². The molecule has 1 saturated heterocycles. The molecule has 1 aromatic rings. The molecule has 2 aliphatic carbocycles. The first-order valence-electron chi connectivity index (χ1n) is 8.36. The van der Waals surface area contributed by atoms with Crippen LogP contribution in [0.25, 0.3) is 0 Å². The van der Waals surface area contributed by atoms with E-state index in [2.05, 4.69) is 15.4 Å². The number of ether oxygens (including phenoxy) is 1. The molecule has 1 atom stereocenters. The molecule has 1 aliphatic heterocycles. The van der Waals surface area contributed by atoms with Crippen LogP contribution in [-0.4, -0.2) is 48.3 Å². The fourth-order valence-corrected chi connectivity index (χ4v) is 3.35. The standard InChI is InChI=1S/C16H23N3O3/c20-16(11-1-2-11)17-12-3-4-15-13(9-12)14(18-22-15)10-19-5-7-21-8-6-19/h11-12H,1-10H2,(H,17,20). The molecule has 0 bridgehead atoms. The van der Waals surface area contributed by atoms with E-state index in [1.165, 1.54) is 5.56 Å². The Labute approximate surface area is 130 Å². The first-order chi connectivity index (χ1) is 10.8. The predicted molar refractivity (Wildman–Crippen MR) is 79.3 cm³/mol. The molecule has 6 nitrogen and oxygen atoms in total. The van der Waals surface area contributed by atoms with Gasteiger partial charge in [0.25, 0.3) is 0 Å². The van der Waals surface area contributed by atoms with Gasteiger partial charge in [0.15, 0.2) is 0 Å². The summed E-state index contributed by atoms with van der Waals surface area (Å²) >= 11 is 0. The lowest BCUT2D eigenvalue weighted by atomic mass is 9.91. The third-order valence-corrected chi connectivity index (χ3v) is 4.89.